The highest BCUT2D eigenvalue weighted by Crippen LogP contribution is 2.33. The summed E-state index contributed by atoms with van der Waals surface area (Å²) >= 11 is 3.43. The van der Waals surface area contributed by atoms with E-state index in [0.717, 1.165) is 17.1 Å². The van der Waals surface area contributed by atoms with E-state index in [-0.39, 0.29) is 25.6 Å². The first kappa shape index (κ1) is 29.5. The predicted octanol–water partition coefficient (Wildman–Crippen LogP) is 5.74. The van der Waals surface area contributed by atoms with Crippen molar-refractivity contribution in [1.29, 1.82) is 0 Å². The quantitative estimate of drug-likeness (QED) is 0.121. The third-order valence-electron chi connectivity index (χ3n) is 5.94. The third kappa shape index (κ3) is 7.57. The fraction of sp³-hybridized carbons (Fsp3) is 0.233. The lowest BCUT2D eigenvalue weighted by Crippen LogP contribution is -2.17. The Morgan fingerprint density at radius 1 is 1.00 bits per heavy atom. The molecule has 0 aliphatic carbocycles. The highest BCUT2D eigenvalue weighted by molar-refractivity contribution is 9.10. The van der Waals surface area contributed by atoms with Gasteiger partial charge < -0.3 is 27.9 Å². The van der Waals surface area contributed by atoms with Gasteiger partial charge in [0.15, 0.2) is 23.9 Å². The van der Waals surface area contributed by atoms with Gasteiger partial charge in [0.25, 0.3) is 0 Å². The molecular formula is C30H30BrN3O7. The summed E-state index contributed by atoms with van der Waals surface area (Å²) in [6.45, 7) is 6.02. The smallest absolute Gasteiger partial charge is 0.344 e. The van der Waals surface area contributed by atoms with Crippen molar-refractivity contribution >= 4 is 34.0 Å². The number of methoxy groups -OCH3 is 1. The number of hydrazone groups is 1. The number of halogens is 1. The molecule has 4 rings (SSSR count). The molecule has 0 saturated carbocycles. The average Bonchev–Trinajstić information content (AvgIpc) is 3.58. The van der Waals surface area contributed by atoms with Crippen LogP contribution in [0, 0.1) is 13.8 Å². The maximum Gasteiger partial charge on any atom is 0.344 e. The van der Waals surface area contributed by atoms with Crippen molar-refractivity contribution in [2.75, 3.05) is 20.3 Å². The number of nitrogens with one attached hydrogen (secondary N) is 1. The molecule has 0 unspecified atom stereocenters. The van der Waals surface area contributed by atoms with Gasteiger partial charge in [-0.1, -0.05) is 0 Å². The van der Waals surface area contributed by atoms with Gasteiger partial charge in [-0.3, -0.25) is 4.79 Å². The maximum atomic E-state index is 12.5. The SMILES string of the molecule is CCOC(=O)COc1cc(Br)c(/C=N/NC(=O)c2ccc(COc3ccc(-n4c(C)ccc4C)cc3)o2)cc1OC. The zero-order chi connectivity index (χ0) is 29.4. The molecule has 2 aromatic heterocycles. The van der Waals surface area contributed by atoms with Crippen molar-refractivity contribution in [3.63, 3.8) is 0 Å². The molecular weight excluding hydrogens is 594 g/mol. The Labute approximate surface area is 246 Å². The summed E-state index contributed by atoms with van der Waals surface area (Å²) in [6, 6.07) is 18.4. The first-order valence-corrected chi connectivity index (χ1v) is 13.5. The van der Waals surface area contributed by atoms with Gasteiger partial charge in [-0.15, -0.1) is 0 Å². The Kier molecular flexibility index (Phi) is 9.86. The van der Waals surface area contributed by atoms with Gasteiger partial charge in [-0.05, 0) is 97.4 Å². The van der Waals surface area contributed by atoms with Crippen molar-refractivity contribution in [2.45, 2.75) is 27.4 Å². The first-order chi connectivity index (χ1) is 19.8. The summed E-state index contributed by atoms with van der Waals surface area (Å²) in [6.07, 6.45) is 1.44. The van der Waals surface area contributed by atoms with Gasteiger partial charge in [0.05, 0.1) is 19.9 Å². The fourth-order valence-corrected chi connectivity index (χ4v) is 4.40. The molecule has 10 nitrogen and oxygen atoms in total. The van der Waals surface area contributed by atoms with Crippen LogP contribution in [0.15, 0.2) is 74.7 Å². The van der Waals surface area contributed by atoms with Crippen LogP contribution in [0.2, 0.25) is 0 Å². The van der Waals surface area contributed by atoms with Crippen LogP contribution in [-0.2, 0) is 16.1 Å². The Morgan fingerprint density at radius 2 is 1.73 bits per heavy atom. The zero-order valence-electron chi connectivity index (χ0n) is 23.1. The Balaban J connectivity index is 1.31. The minimum Gasteiger partial charge on any atom is -0.493 e. The Morgan fingerprint density at radius 3 is 2.41 bits per heavy atom. The summed E-state index contributed by atoms with van der Waals surface area (Å²) in [7, 11) is 1.47. The van der Waals surface area contributed by atoms with Gasteiger partial charge in [0.2, 0.25) is 0 Å². The van der Waals surface area contributed by atoms with Crippen molar-refractivity contribution in [3.05, 3.63) is 93.6 Å². The standard InChI is InChI=1S/C30H30BrN3O7/c1-5-38-29(35)18-40-28-15-25(31)21(14-27(28)37-4)16-32-33-30(36)26-13-12-24(41-26)17-39-23-10-8-22(9-11-23)34-19(2)6-7-20(34)3/h6-16H,5,17-18H2,1-4H3,(H,33,36)/b32-16+. The molecule has 4 aromatic rings. The minimum atomic E-state index is -0.521. The van der Waals surface area contributed by atoms with Crippen LogP contribution in [0.3, 0.4) is 0 Å². The van der Waals surface area contributed by atoms with Gasteiger partial charge >= 0.3 is 11.9 Å². The normalized spacial score (nSPS) is 11.0. The van der Waals surface area contributed by atoms with E-state index in [0.29, 0.717) is 33.0 Å². The summed E-state index contributed by atoms with van der Waals surface area (Å²) in [5, 5.41) is 4.01. The van der Waals surface area contributed by atoms with E-state index >= 15 is 0 Å². The topological polar surface area (TPSA) is 114 Å². The number of hydrogen-bond donors (Lipinski definition) is 1. The van der Waals surface area contributed by atoms with Gasteiger partial charge in [-0.2, -0.15) is 5.10 Å². The molecule has 214 valence electrons. The lowest BCUT2D eigenvalue weighted by molar-refractivity contribution is -0.145. The van der Waals surface area contributed by atoms with Crippen LogP contribution in [-0.4, -0.2) is 43.0 Å². The molecule has 0 bridgehead atoms. The molecule has 11 heteroatoms. The number of amides is 1. The number of nitrogens with zero attached hydrogens (tertiary/aromatic N) is 2. The van der Waals surface area contributed by atoms with Crippen molar-refractivity contribution < 1.29 is 33.0 Å². The number of aromatic nitrogens is 1. The second kappa shape index (κ2) is 13.7. The summed E-state index contributed by atoms with van der Waals surface area (Å²) < 4.78 is 29.9. The van der Waals surface area contributed by atoms with E-state index in [4.69, 9.17) is 23.4 Å². The second-order valence-corrected chi connectivity index (χ2v) is 9.67. The van der Waals surface area contributed by atoms with E-state index < -0.39 is 11.9 Å². The maximum absolute atomic E-state index is 12.5. The second-order valence-electron chi connectivity index (χ2n) is 8.82. The number of ether oxygens (including phenoxy) is 4. The highest BCUT2D eigenvalue weighted by atomic mass is 79.9. The Bertz CT molecular complexity index is 1520. The largest absolute Gasteiger partial charge is 0.493 e. The van der Waals surface area contributed by atoms with Crippen LogP contribution in [0.5, 0.6) is 17.2 Å². The molecule has 0 aliphatic heterocycles. The van der Waals surface area contributed by atoms with Crippen LogP contribution in [0.4, 0.5) is 0 Å². The number of benzene rings is 2. The summed E-state index contributed by atoms with van der Waals surface area (Å²) in [5.74, 6) is 0.985. The molecule has 0 atom stereocenters. The average molecular weight is 624 g/mol. The van der Waals surface area contributed by atoms with Gasteiger partial charge in [0, 0.05) is 27.1 Å². The van der Waals surface area contributed by atoms with Crippen LogP contribution in [0.25, 0.3) is 5.69 Å². The van der Waals surface area contributed by atoms with E-state index in [1.165, 1.54) is 13.3 Å². The molecule has 2 heterocycles. The molecule has 0 radical (unpaired) electrons. The number of carbonyl (C=O) groups excluding carboxylic acids is 2. The summed E-state index contributed by atoms with van der Waals surface area (Å²) in [5.41, 5.74) is 6.41. The summed E-state index contributed by atoms with van der Waals surface area (Å²) in [4.78, 5) is 24.1. The van der Waals surface area contributed by atoms with E-state index in [2.05, 4.69) is 57.0 Å². The number of furan rings is 1. The molecule has 0 spiro atoms. The highest BCUT2D eigenvalue weighted by Gasteiger charge is 2.14. The third-order valence-corrected chi connectivity index (χ3v) is 6.62. The zero-order valence-corrected chi connectivity index (χ0v) is 24.7. The van der Waals surface area contributed by atoms with E-state index in [9.17, 15) is 9.59 Å². The van der Waals surface area contributed by atoms with Gasteiger partial charge in [0.1, 0.15) is 18.1 Å². The van der Waals surface area contributed by atoms with E-state index in [1.54, 1.807) is 31.2 Å². The molecule has 41 heavy (non-hydrogen) atoms. The number of esters is 1. The monoisotopic (exact) mass is 623 g/mol. The van der Waals surface area contributed by atoms with Crippen LogP contribution < -0.4 is 19.6 Å². The van der Waals surface area contributed by atoms with Crippen molar-refractivity contribution in [2.24, 2.45) is 5.10 Å². The van der Waals surface area contributed by atoms with Crippen molar-refractivity contribution in [1.82, 2.24) is 9.99 Å². The van der Waals surface area contributed by atoms with E-state index in [1.807, 2.05) is 24.3 Å². The minimum absolute atomic E-state index is 0.0917. The van der Waals surface area contributed by atoms with Crippen LogP contribution in [0.1, 0.15) is 40.2 Å². The molecule has 0 fully saturated rings. The lowest BCUT2D eigenvalue weighted by atomic mass is 10.2. The predicted molar refractivity (Wildman–Crippen MR) is 156 cm³/mol. The van der Waals surface area contributed by atoms with Crippen LogP contribution >= 0.6 is 15.9 Å². The molecule has 1 amide bonds. The molecule has 1 N–H and O–H groups in total. The number of rotatable bonds is 12. The number of aryl methyl sites for hydroxylation is 2. The van der Waals surface area contributed by atoms with Gasteiger partial charge in [-0.25, -0.2) is 10.2 Å². The first-order valence-electron chi connectivity index (χ1n) is 12.7. The number of carbonyl (C=O) groups is 2. The molecule has 0 aliphatic rings. The Hall–Kier alpha value is -4.51. The molecule has 2 aromatic carbocycles. The molecule has 0 saturated heterocycles. The van der Waals surface area contributed by atoms with Crippen molar-refractivity contribution in [3.8, 4) is 22.9 Å². The number of hydrogen-bond acceptors (Lipinski definition) is 8. The lowest BCUT2D eigenvalue weighted by Gasteiger charge is -2.12. The fourth-order valence-electron chi connectivity index (χ4n) is 3.98.